The van der Waals surface area contributed by atoms with Crippen molar-refractivity contribution in [3.05, 3.63) is 28.3 Å². The number of hydrogen-bond donors (Lipinski definition) is 2. The lowest BCUT2D eigenvalue weighted by molar-refractivity contribution is -0.384. The molecule has 0 spiro atoms. The summed E-state index contributed by atoms with van der Waals surface area (Å²) in [4.78, 5) is 10.6. The normalized spacial score (nSPS) is 12.3. The minimum absolute atomic E-state index is 0.00406. The zero-order chi connectivity index (χ0) is 14.4. The molecule has 2 N–H and O–H groups in total. The van der Waals surface area contributed by atoms with Gasteiger partial charge in [-0.05, 0) is 18.4 Å². The molecule has 1 aromatic carbocycles. The van der Waals surface area contributed by atoms with Crippen LogP contribution in [0.5, 0.6) is 5.75 Å². The summed E-state index contributed by atoms with van der Waals surface area (Å²) in [5.41, 5.74) is 0.417. The molecule has 0 amide bonds. The quantitative estimate of drug-likeness (QED) is 0.586. The van der Waals surface area contributed by atoms with Crippen molar-refractivity contribution in [2.24, 2.45) is 5.92 Å². The molecule has 0 fully saturated rings. The van der Waals surface area contributed by atoms with Crippen LogP contribution in [0.25, 0.3) is 0 Å². The van der Waals surface area contributed by atoms with Gasteiger partial charge in [0.2, 0.25) is 0 Å². The van der Waals surface area contributed by atoms with Gasteiger partial charge < -0.3 is 15.2 Å². The number of ether oxygens (including phenoxy) is 1. The topological polar surface area (TPSA) is 84.6 Å². The molecule has 19 heavy (non-hydrogen) atoms. The van der Waals surface area contributed by atoms with Gasteiger partial charge in [0.1, 0.15) is 11.4 Å². The molecule has 0 aromatic heterocycles. The second kappa shape index (κ2) is 6.94. The van der Waals surface area contributed by atoms with Crippen LogP contribution in [0.2, 0.25) is 0 Å². The molecular weight excluding hydrogens is 248 g/mol. The van der Waals surface area contributed by atoms with Crippen LogP contribution >= 0.6 is 0 Å². The Morgan fingerprint density at radius 1 is 1.47 bits per heavy atom. The van der Waals surface area contributed by atoms with Gasteiger partial charge in [-0.2, -0.15) is 0 Å². The standard InChI is InChI=1S/C13H20N2O4/c1-9(2)11(6-7-16)14-12-8-10(19-3)4-5-13(12)15(17)18/h4-5,8-9,11,14,16H,6-7H2,1-3H3. The van der Waals surface area contributed by atoms with Crippen molar-refractivity contribution in [3.63, 3.8) is 0 Å². The van der Waals surface area contributed by atoms with Gasteiger partial charge in [-0.25, -0.2) is 0 Å². The van der Waals surface area contributed by atoms with E-state index in [2.05, 4.69) is 5.32 Å². The molecule has 1 rings (SSSR count). The molecule has 0 heterocycles. The lowest BCUT2D eigenvalue weighted by atomic mass is 10.0. The molecule has 0 radical (unpaired) electrons. The van der Waals surface area contributed by atoms with Crippen molar-refractivity contribution in [2.75, 3.05) is 19.0 Å². The summed E-state index contributed by atoms with van der Waals surface area (Å²) in [6, 6.07) is 4.54. The fourth-order valence-corrected chi connectivity index (χ4v) is 1.83. The molecule has 0 aliphatic carbocycles. The number of benzene rings is 1. The van der Waals surface area contributed by atoms with Crippen LogP contribution < -0.4 is 10.1 Å². The van der Waals surface area contributed by atoms with E-state index in [0.29, 0.717) is 17.9 Å². The fraction of sp³-hybridized carbons (Fsp3) is 0.538. The number of anilines is 1. The first-order valence-electron chi connectivity index (χ1n) is 6.19. The first-order valence-corrected chi connectivity index (χ1v) is 6.19. The molecule has 6 nitrogen and oxygen atoms in total. The van der Waals surface area contributed by atoms with Gasteiger partial charge >= 0.3 is 0 Å². The van der Waals surface area contributed by atoms with E-state index in [1.807, 2.05) is 13.8 Å². The van der Waals surface area contributed by atoms with Crippen molar-refractivity contribution in [2.45, 2.75) is 26.3 Å². The average molecular weight is 268 g/mol. The highest BCUT2D eigenvalue weighted by Crippen LogP contribution is 2.30. The Bertz CT molecular complexity index is 435. The predicted molar refractivity (Wildman–Crippen MR) is 73.6 cm³/mol. The summed E-state index contributed by atoms with van der Waals surface area (Å²) >= 11 is 0. The van der Waals surface area contributed by atoms with Gasteiger partial charge in [0.05, 0.1) is 12.0 Å². The van der Waals surface area contributed by atoms with Gasteiger partial charge in [0.15, 0.2) is 0 Å². The highest BCUT2D eigenvalue weighted by Gasteiger charge is 2.19. The molecule has 0 bridgehead atoms. The summed E-state index contributed by atoms with van der Waals surface area (Å²) < 4.78 is 5.08. The van der Waals surface area contributed by atoms with Gasteiger partial charge in [0, 0.05) is 24.8 Å². The molecule has 1 unspecified atom stereocenters. The van der Waals surface area contributed by atoms with Crippen molar-refractivity contribution < 1.29 is 14.8 Å². The minimum atomic E-state index is -0.432. The molecule has 0 saturated heterocycles. The number of methoxy groups -OCH3 is 1. The predicted octanol–water partition coefficient (Wildman–Crippen LogP) is 2.42. The number of aliphatic hydroxyl groups is 1. The average Bonchev–Trinajstić information content (AvgIpc) is 2.37. The zero-order valence-electron chi connectivity index (χ0n) is 11.4. The minimum Gasteiger partial charge on any atom is -0.497 e. The third kappa shape index (κ3) is 4.10. The lowest BCUT2D eigenvalue weighted by Gasteiger charge is -2.22. The molecule has 0 aliphatic heterocycles. The van der Waals surface area contributed by atoms with Gasteiger partial charge in [-0.1, -0.05) is 13.8 Å². The molecule has 106 valence electrons. The number of hydrogen-bond acceptors (Lipinski definition) is 5. The monoisotopic (exact) mass is 268 g/mol. The Morgan fingerprint density at radius 2 is 2.16 bits per heavy atom. The third-order valence-electron chi connectivity index (χ3n) is 2.99. The summed E-state index contributed by atoms with van der Waals surface area (Å²) in [6.45, 7) is 4.03. The molecular formula is C13H20N2O4. The third-order valence-corrected chi connectivity index (χ3v) is 2.99. The summed E-state index contributed by atoms with van der Waals surface area (Å²) in [6.07, 6.45) is 0.534. The van der Waals surface area contributed by atoms with Crippen molar-refractivity contribution in [1.29, 1.82) is 0 Å². The van der Waals surface area contributed by atoms with E-state index in [-0.39, 0.29) is 24.3 Å². The highest BCUT2D eigenvalue weighted by atomic mass is 16.6. The maximum absolute atomic E-state index is 11.0. The Morgan fingerprint density at radius 3 is 2.63 bits per heavy atom. The van der Waals surface area contributed by atoms with E-state index in [9.17, 15) is 10.1 Å². The Balaban J connectivity index is 3.04. The fourth-order valence-electron chi connectivity index (χ4n) is 1.83. The van der Waals surface area contributed by atoms with E-state index < -0.39 is 4.92 Å². The highest BCUT2D eigenvalue weighted by molar-refractivity contribution is 5.64. The number of aliphatic hydroxyl groups excluding tert-OH is 1. The molecule has 0 aliphatic rings. The smallest absolute Gasteiger partial charge is 0.292 e. The van der Waals surface area contributed by atoms with Crippen molar-refractivity contribution >= 4 is 11.4 Å². The van der Waals surface area contributed by atoms with Crippen LogP contribution in [-0.2, 0) is 0 Å². The first-order chi connectivity index (χ1) is 8.99. The van der Waals surface area contributed by atoms with Crippen LogP contribution in [0.15, 0.2) is 18.2 Å². The van der Waals surface area contributed by atoms with E-state index >= 15 is 0 Å². The number of nitro benzene ring substituents is 1. The molecule has 0 saturated carbocycles. The molecule has 6 heteroatoms. The van der Waals surface area contributed by atoms with Gasteiger partial charge in [-0.3, -0.25) is 10.1 Å². The van der Waals surface area contributed by atoms with E-state index in [1.165, 1.54) is 13.2 Å². The summed E-state index contributed by atoms with van der Waals surface area (Å²) in [7, 11) is 1.51. The van der Waals surface area contributed by atoms with E-state index in [0.717, 1.165) is 0 Å². The van der Waals surface area contributed by atoms with Crippen LogP contribution in [0.4, 0.5) is 11.4 Å². The van der Waals surface area contributed by atoms with E-state index in [4.69, 9.17) is 9.84 Å². The van der Waals surface area contributed by atoms with Crippen LogP contribution in [-0.4, -0.2) is 29.8 Å². The van der Waals surface area contributed by atoms with Gasteiger partial charge in [0.25, 0.3) is 5.69 Å². The first kappa shape index (κ1) is 15.2. The Hall–Kier alpha value is -1.82. The number of rotatable bonds is 7. The van der Waals surface area contributed by atoms with Crippen molar-refractivity contribution in [1.82, 2.24) is 0 Å². The largest absolute Gasteiger partial charge is 0.497 e. The Kier molecular flexibility index (Phi) is 5.57. The Labute approximate surface area is 112 Å². The molecule has 1 atom stereocenters. The van der Waals surface area contributed by atoms with Crippen molar-refractivity contribution in [3.8, 4) is 5.75 Å². The maximum atomic E-state index is 11.0. The van der Waals surface area contributed by atoms with Crippen LogP contribution in [0.3, 0.4) is 0 Å². The van der Waals surface area contributed by atoms with Crippen LogP contribution in [0, 0.1) is 16.0 Å². The maximum Gasteiger partial charge on any atom is 0.292 e. The SMILES string of the molecule is COc1ccc([N+](=O)[O-])c(NC(CCO)C(C)C)c1. The van der Waals surface area contributed by atoms with E-state index in [1.54, 1.807) is 12.1 Å². The number of nitrogens with zero attached hydrogens (tertiary/aromatic N) is 1. The van der Waals surface area contributed by atoms with Gasteiger partial charge in [-0.15, -0.1) is 0 Å². The van der Waals surface area contributed by atoms with Crippen LogP contribution in [0.1, 0.15) is 20.3 Å². The lowest BCUT2D eigenvalue weighted by Crippen LogP contribution is -2.27. The number of nitrogens with one attached hydrogen (secondary N) is 1. The second-order valence-corrected chi connectivity index (χ2v) is 4.65. The summed E-state index contributed by atoms with van der Waals surface area (Å²) in [5.74, 6) is 0.803. The second-order valence-electron chi connectivity index (χ2n) is 4.65. The summed E-state index contributed by atoms with van der Waals surface area (Å²) in [5, 5.41) is 23.2. The number of nitro groups is 1. The zero-order valence-corrected chi connectivity index (χ0v) is 11.4. The molecule has 1 aromatic rings.